The fourth-order valence-corrected chi connectivity index (χ4v) is 15.7. The molecule has 27 nitrogen and oxygen atoms in total. The second-order valence-corrected chi connectivity index (χ2v) is 33.5. The van der Waals surface area contributed by atoms with Gasteiger partial charge in [-0.1, -0.05) is 38.5 Å². The Bertz CT molecular complexity index is 2220. The smallest absolute Gasteiger partial charge is 0.224 e. The van der Waals surface area contributed by atoms with Crippen LogP contribution in [0.2, 0.25) is 0 Å². The second-order valence-electron chi connectivity index (χ2n) is 33.5. The third-order valence-corrected chi connectivity index (χ3v) is 20.9. The number of nitrogens with zero attached hydrogens (tertiary/aromatic N) is 6. The Morgan fingerprint density at radius 3 is 0.694 bits per heavy atom. The van der Waals surface area contributed by atoms with Crippen LogP contribution in [0.5, 0.6) is 0 Å². The van der Waals surface area contributed by atoms with Crippen LogP contribution >= 0.6 is 0 Å². The molecule has 0 atom stereocenters. The molecule has 1 aromatic carbocycles. The zero-order chi connectivity index (χ0) is 79.3. The lowest BCUT2D eigenvalue weighted by molar-refractivity contribution is -0.294. The van der Waals surface area contributed by atoms with Gasteiger partial charge in [0, 0.05) is 168 Å². The lowest BCUT2D eigenvalue weighted by Crippen LogP contribution is -2.62. The molecule has 27 heteroatoms. The first-order chi connectivity index (χ1) is 51.5. The van der Waals surface area contributed by atoms with Crippen molar-refractivity contribution >= 4 is 34.8 Å². The molecule has 0 aromatic heterocycles. The van der Waals surface area contributed by atoms with Crippen molar-refractivity contribution in [3.05, 3.63) is 18.2 Å². The predicted molar refractivity (Wildman–Crippen MR) is 420 cm³/mol. The van der Waals surface area contributed by atoms with Crippen molar-refractivity contribution in [1.29, 1.82) is 0 Å². The number of carbonyl (C=O) groups is 3. The molecule has 3 aliphatic heterocycles. The molecule has 3 N–H and O–H groups in total. The van der Waals surface area contributed by atoms with Gasteiger partial charge in [-0.2, -0.15) is 0 Å². The number of hydroxylamine groups is 6. The van der Waals surface area contributed by atoms with E-state index < -0.39 is 33.2 Å². The summed E-state index contributed by atoms with van der Waals surface area (Å²) >= 11 is 0. The highest BCUT2D eigenvalue weighted by Gasteiger charge is 2.50. The molecule has 0 saturated carbocycles. The molecule has 3 heterocycles. The van der Waals surface area contributed by atoms with Crippen LogP contribution in [-0.4, -0.2) is 298 Å². The summed E-state index contributed by atoms with van der Waals surface area (Å²) in [5.41, 5.74) is -1.54. The Kier molecular flexibility index (Phi) is 47.7. The second kappa shape index (κ2) is 53.0. The van der Waals surface area contributed by atoms with Crippen LogP contribution in [0.1, 0.15) is 218 Å². The zero-order valence-electron chi connectivity index (χ0n) is 69.9. The van der Waals surface area contributed by atoms with Gasteiger partial charge < -0.3 is 72.8 Å². The summed E-state index contributed by atoms with van der Waals surface area (Å²) in [4.78, 5) is 47.9. The molecule has 3 amide bonds. The summed E-state index contributed by atoms with van der Waals surface area (Å²) in [7, 11) is 4.95. The minimum absolute atomic E-state index is 0.155. The fourth-order valence-electron chi connectivity index (χ4n) is 15.7. The first kappa shape index (κ1) is 97.2. The molecule has 627 valence electrons. The molecule has 0 aliphatic carbocycles. The number of methoxy groups -OCH3 is 3. The Labute approximate surface area is 651 Å². The van der Waals surface area contributed by atoms with Crippen molar-refractivity contribution in [1.82, 2.24) is 29.9 Å². The number of piperidine rings is 3. The van der Waals surface area contributed by atoms with Crippen LogP contribution < -0.4 is 16.0 Å². The molecular formula is C81H150N9O18. The maximum absolute atomic E-state index is 13.5. The van der Waals surface area contributed by atoms with Gasteiger partial charge in [0.1, 0.15) is 0 Å². The number of unbranched alkanes of at least 4 members (excludes halogenated alkanes) is 9. The van der Waals surface area contributed by atoms with Gasteiger partial charge in [-0.05, 0) is 178 Å². The van der Waals surface area contributed by atoms with Crippen LogP contribution in [0.15, 0.2) is 18.2 Å². The summed E-state index contributed by atoms with van der Waals surface area (Å²) in [6.07, 6.45) is 15.3. The Balaban J connectivity index is 1.26. The molecule has 0 unspecified atom stereocenters. The van der Waals surface area contributed by atoms with Gasteiger partial charge in [-0.25, -0.2) is 0 Å². The summed E-state index contributed by atoms with van der Waals surface area (Å²) in [5.74, 6) is -0.466. The van der Waals surface area contributed by atoms with Crippen molar-refractivity contribution in [3.8, 4) is 0 Å². The Morgan fingerprint density at radius 2 is 0.481 bits per heavy atom. The minimum atomic E-state index is -0.496. The van der Waals surface area contributed by atoms with E-state index >= 15 is 0 Å². The Hall–Kier alpha value is -3.21. The third-order valence-electron chi connectivity index (χ3n) is 20.9. The van der Waals surface area contributed by atoms with E-state index in [4.69, 9.17) is 56.8 Å². The number of hydrogen-bond acceptors (Lipinski definition) is 21. The number of carbonyl (C=O) groups excluding carboxylic acids is 3. The van der Waals surface area contributed by atoms with Crippen LogP contribution in [0, 0.1) is 0 Å². The number of hydrogen-bond donors (Lipinski definition) is 3. The summed E-state index contributed by atoms with van der Waals surface area (Å²) < 4.78 is 68.3. The predicted octanol–water partition coefficient (Wildman–Crippen LogP) is 11.4. The normalized spacial score (nSPS) is 18.4. The lowest BCUT2D eigenvalue weighted by atomic mass is 9.78. The van der Waals surface area contributed by atoms with Gasteiger partial charge in [-0.3, -0.25) is 29.1 Å². The van der Waals surface area contributed by atoms with Crippen molar-refractivity contribution in [2.24, 2.45) is 0 Å². The number of amides is 3. The highest BCUT2D eigenvalue weighted by molar-refractivity contribution is 5.97. The number of rotatable bonds is 63. The van der Waals surface area contributed by atoms with Crippen molar-refractivity contribution in [3.63, 3.8) is 0 Å². The number of anilines is 3. The van der Waals surface area contributed by atoms with Gasteiger partial charge in [0.05, 0.1) is 119 Å². The third kappa shape index (κ3) is 39.2. The highest BCUT2D eigenvalue weighted by atomic mass is 16.6. The van der Waals surface area contributed by atoms with Crippen LogP contribution in [0.3, 0.4) is 0 Å². The van der Waals surface area contributed by atoms with E-state index in [-0.39, 0.29) is 35.8 Å². The fraction of sp³-hybridized carbons (Fsp3) is 0.889. The van der Waals surface area contributed by atoms with Gasteiger partial charge in [-0.15, -0.1) is 30.8 Å². The first-order valence-corrected chi connectivity index (χ1v) is 40.8. The van der Waals surface area contributed by atoms with E-state index in [1.807, 2.05) is 83.1 Å². The van der Waals surface area contributed by atoms with Gasteiger partial charge in [0.15, 0.2) is 0 Å². The quantitative estimate of drug-likeness (QED) is 0.0511. The maximum Gasteiger partial charge on any atom is 0.224 e. The monoisotopic (exact) mass is 1540 g/mol. The molecule has 4 rings (SSSR count). The molecular weight excluding hydrogens is 1390 g/mol. The van der Waals surface area contributed by atoms with E-state index in [0.717, 1.165) is 136 Å². The average molecular weight is 1540 g/mol. The van der Waals surface area contributed by atoms with Gasteiger partial charge >= 0.3 is 0 Å². The van der Waals surface area contributed by atoms with Crippen molar-refractivity contribution in [2.75, 3.05) is 215 Å². The SMILES string of the molecule is COCCOCCOCCN(CCOCCCCCCC(=O)Nc1cc(NC(=O)CCCCCCOCCN(CCOCCOCCOC)C2CC(C)(C)N([O])C(C)(C)C2)cc(NC(=O)CCCCCCOCCN(CCOCCOCCOC)C2CC(C)(C)N([O])C(C)(C)C2)c1)C1CC(C)(C)N([O])C(C)(C)C1. The van der Waals surface area contributed by atoms with Crippen LogP contribution in [0.25, 0.3) is 0 Å². The van der Waals surface area contributed by atoms with Crippen LogP contribution in [-0.2, 0) is 86.8 Å². The largest absolute Gasteiger partial charge is 0.382 e. The molecule has 3 fully saturated rings. The van der Waals surface area contributed by atoms with Crippen molar-refractivity contribution in [2.45, 2.75) is 269 Å². The van der Waals surface area contributed by atoms with Gasteiger partial charge in [0.2, 0.25) is 17.7 Å². The van der Waals surface area contributed by atoms with E-state index in [1.54, 1.807) is 39.5 Å². The molecule has 108 heavy (non-hydrogen) atoms. The van der Waals surface area contributed by atoms with Crippen molar-refractivity contribution < 1.29 is 86.8 Å². The molecule has 3 aliphatic rings. The molecule has 0 bridgehead atoms. The summed E-state index contributed by atoms with van der Waals surface area (Å²) in [5, 5.41) is 52.6. The molecule has 1 aromatic rings. The van der Waals surface area contributed by atoms with E-state index in [9.17, 15) is 30.0 Å². The maximum atomic E-state index is 13.5. The summed E-state index contributed by atoms with van der Waals surface area (Å²) in [6, 6.07) is 5.85. The minimum Gasteiger partial charge on any atom is -0.382 e. The number of nitrogens with one attached hydrogen (secondary N) is 3. The van der Waals surface area contributed by atoms with E-state index in [0.29, 0.717) is 194 Å². The zero-order valence-corrected chi connectivity index (χ0v) is 69.9. The Morgan fingerprint density at radius 1 is 0.296 bits per heavy atom. The highest BCUT2D eigenvalue weighted by Crippen LogP contribution is 2.42. The first-order valence-electron chi connectivity index (χ1n) is 40.8. The standard InChI is InChI=1S/C81H150N9O18/c1-76(2)61-70(62-77(3,4)88(76)94)85(34-43-103-52-55-106-49-46-97-13)31-40-100-37-25-19-16-22-28-73(91)82-67-58-68(83-74(92)29-23-17-20-26-38-101-41-32-86(35-44-104-53-56-107-50-47-98-14)71-63-78(5,6)89(95)79(7,8)64-71)60-69(59-67)84-75(93)30-24-18-21-27-39-102-42-33-87(36-45-105-54-57-108-51-48-99-15)72-65-80(9,10)90(96)81(11,12)66-72/h58-60,70-72H,16-57,61-66H2,1-15H3,(H,82,91)(H,83,92)(H,84,93). The van der Waals surface area contributed by atoms with E-state index in [2.05, 4.69) is 30.7 Å². The van der Waals surface area contributed by atoms with Gasteiger partial charge in [0.25, 0.3) is 0 Å². The molecule has 3 saturated heterocycles. The van der Waals surface area contributed by atoms with E-state index in [1.165, 1.54) is 15.2 Å². The number of benzene rings is 1. The summed E-state index contributed by atoms with van der Waals surface area (Å²) in [6.45, 7) is 40.1. The topological polar surface area (TPSA) is 277 Å². The average Bonchev–Trinajstić information content (AvgIpc) is 0.793. The molecule has 3 radical (unpaired) electrons. The van der Waals surface area contributed by atoms with Crippen LogP contribution in [0.4, 0.5) is 17.1 Å². The molecule has 0 spiro atoms. The lowest BCUT2D eigenvalue weighted by Gasteiger charge is -2.52. The number of ether oxygens (including phenoxy) is 12.